The lowest BCUT2D eigenvalue weighted by Gasteiger charge is -2.36. The Morgan fingerprint density at radius 1 is 1.29 bits per heavy atom. The van der Waals surface area contributed by atoms with E-state index in [-0.39, 0.29) is 5.56 Å². The van der Waals surface area contributed by atoms with Gasteiger partial charge in [-0.05, 0) is 18.2 Å². The van der Waals surface area contributed by atoms with Crippen molar-refractivity contribution in [3.63, 3.8) is 0 Å². The van der Waals surface area contributed by atoms with E-state index in [1.807, 2.05) is 16.7 Å². The Bertz CT molecular complexity index is 535. The first kappa shape index (κ1) is 16.0. The van der Waals surface area contributed by atoms with Crippen LogP contribution in [0.15, 0.2) is 18.2 Å². The van der Waals surface area contributed by atoms with E-state index in [0.29, 0.717) is 29.3 Å². The minimum atomic E-state index is -4.52. The van der Waals surface area contributed by atoms with Crippen LogP contribution in [0.3, 0.4) is 0 Å². The van der Waals surface area contributed by atoms with Gasteiger partial charge in [-0.2, -0.15) is 24.9 Å². The third-order valence-corrected chi connectivity index (χ3v) is 4.61. The number of thioether (sulfide) groups is 1. The minimum absolute atomic E-state index is 0.265. The molecule has 0 aromatic heterocycles. The van der Waals surface area contributed by atoms with Gasteiger partial charge < -0.3 is 10.6 Å². The molecule has 0 amide bonds. The highest BCUT2D eigenvalue weighted by Gasteiger charge is 2.35. The molecule has 21 heavy (non-hydrogen) atoms. The fraction of sp³-hybridized carbons (Fsp3) is 0.500. The average Bonchev–Trinajstić information content (AvgIpc) is 2.35. The second-order valence-corrected chi connectivity index (χ2v) is 7.19. The van der Waals surface area contributed by atoms with Gasteiger partial charge in [-0.3, -0.25) is 5.41 Å². The fourth-order valence-corrected chi connectivity index (χ4v) is 3.91. The van der Waals surface area contributed by atoms with E-state index >= 15 is 0 Å². The van der Waals surface area contributed by atoms with Crippen molar-refractivity contribution in [2.45, 2.75) is 30.5 Å². The van der Waals surface area contributed by atoms with Gasteiger partial charge in [0.2, 0.25) is 0 Å². The molecule has 7 heteroatoms. The van der Waals surface area contributed by atoms with Crippen molar-refractivity contribution in [1.82, 2.24) is 0 Å². The molecule has 1 aromatic rings. The summed E-state index contributed by atoms with van der Waals surface area (Å²) in [6.45, 7) is 5.57. The van der Waals surface area contributed by atoms with E-state index in [4.69, 9.17) is 11.1 Å². The maximum Gasteiger partial charge on any atom is 0.417 e. The lowest BCUT2D eigenvalue weighted by Crippen LogP contribution is -2.40. The van der Waals surface area contributed by atoms with Crippen molar-refractivity contribution in [1.29, 1.82) is 5.41 Å². The van der Waals surface area contributed by atoms with Gasteiger partial charge in [0.15, 0.2) is 0 Å². The highest BCUT2D eigenvalue weighted by atomic mass is 32.2. The Kier molecular flexibility index (Phi) is 4.41. The second-order valence-electron chi connectivity index (χ2n) is 5.30. The largest absolute Gasteiger partial charge is 0.417 e. The van der Waals surface area contributed by atoms with Crippen LogP contribution < -0.4 is 10.6 Å². The van der Waals surface area contributed by atoms with E-state index in [1.54, 1.807) is 6.07 Å². The van der Waals surface area contributed by atoms with E-state index in [9.17, 15) is 13.2 Å². The summed E-state index contributed by atoms with van der Waals surface area (Å²) in [6, 6.07) is 4.01. The number of benzene rings is 1. The average molecular weight is 317 g/mol. The number of nitrogens with two attached hydrogens (primary N) is 1. The maximum absolute atomic E-state index is 13.1. The first-order valence-corrected chi connectivity index (χ1v) is 7.59. The number of anilines is 1. The number of hydrogen-bond acceptors (Lipinski definition) is 3. The topological polar surface area (TPSA) is 53.1 Å². The lowest BCUT2D eigenvalue weighted by molar-refractivity contribution is -0.137. The Morgan fingerprint density at radius 2 is 1.86 bits per heavy atom. The van der Waals surface area contributed by atoms with Gasteiger partial charge in [-0.15, -0.1) is 0 Å². The summed E-state index contributed by atoms with van der Waals surface area (Å²) >= 11 is 1.84. The summed E-state index contributed by atoms with van der Waals surface area (Å²) in [4.78, 5) is 1.96. The van der Waals surface area contributed by atoms with Gasteiger partial charge >= 0.3 is 6.18 Å². The molecule has 116 valence electrons. The zero-order valence-electron chi connectivity index (χ0n) is 11.9. The van der Waals surface area contributed by atoms with Gasteiger partial charge in [0.05, 0.1) is 5.56 Å². The quantitative estimate of drug-likeness (QED) is 0.650. The van der Waals surface area contributed by atoms with Gasteiger partial charge in [0.25, 0.3) is 0 Å². The fourth-order valence-electron chi connectivity index (χ4n) is 2.59. The minimum Gasteiger partial charge on any atom is -0.384 e. The molecule has 1 saturated heterocycles. The first-order chi connectivity index (χ1) is 9.68. The molecule has 2 atom stereocenters. The van der Waals surface area contributed by atoms with Crippen molar-refractivity contribution in [3.8, 4) is 0 Å². The third kappa shape index (κ3) is 3.64. The summed E-state index contributed by atoms with van der Waals surface area (Å²) < 4.78 is 39.4. The predicted molar refractivity (Wildman–Crippen MR) is 81.2 cm³/mol. The summed E-state index contributed by atoms with van der Waals surface area (Å²) in [6.07, 6.45) is -4.52. The first-order valence-electron chi connectivity index (χ1n) is 6.64. The molecular weight excluding hydrogens is 299 g/mol. The molecule has 2 rings (SSSR count). The van der Waals surface area contributed by atoms with E-state index in [2.05, 4.69) is 13.8 Å². The molecule has 0 radical (unpaired) electrons. The molecule has 0 aliphatic carbocycles. The van der Waals surface area contributed by atoms with Gasteiger partial charge in [0.1, 0.15) is 5.84 Å². The van der Waals surface area contributed by atoms with Crippen LogP contribution in [0.1, 0.15) is 25.0 Å². The van der Waals surface area contributed by atoms with E-state index in [0.717, 1.165) is 6.07 Å². The monoisotopic (exact) mass is 317 g/mol. The number of alkyl halides is 3. The second kappa shape index (κ2) is 5.79. The molecule has 1 fully saturated rings. The van der Waals surface area contributed by atoms with Gasteiger partial charge in [-0.1, -0.05) is 13.8 Å². The lowest BCUT2D eigenvalue weighted by atomic mass is 10.0. The number of amidine groups is 1. The van der Waals surface area contributed by atoms with Crippen molar-refractivity contribution >= 4 is 23.3 Å². The maximum atomic E-state index is 13.1. The Morgan fingerprint density at radius 3 is 2.33 bits per heavy atom. The molecule has 0 spiro atoms. The third-order valence-electron chi connectivity index (χ3n) is 3.38. The van der Waals surface area contributed by atoms with Gasteiger partial charge in [0, 0.05) is 34.8 Å². The summed E-state index contributed by atoms with van der Waals surface area (Å²) in [7, 11) is 0. The molecule has 0 bridgehead atoms. The van der Waals surface area contributed by atoms with Crippen LogP contribution in [0.4, 0.5) is 18.9 Å². The van der Waals surface area contributed by atoms with Crippen LogP contribution in [0.25, 0.3) is 0 Å². The van der Waals surface area contributed by atoms with Crippen molar-refractivity contribution < 1.29 is 13.2 Å². The zero-order chi connectivity index (χ0) is 15.8. The molecule has 3 N–H and O–H groups in total. The van der Waals surface area contributed by atoms with Crippen LogP contribution in [-0.2, 0) is 6.18 Å². The predicted octanol–water partition coefficient (Wildman–Crippen LogP) is 3.32. The zero-order valence-corrected chi connectivity index (χ0v) is 12.7. The Labute approximate surface area is 126 Å². The number of hydrogen-bond donors (Lipinski definition) is 2. The number of nitrogens with zero attached hydrogens (tertiary/aromatic N) is 1. The molecule has 0 saturated carbocycles. The van der Waals surface area contributed by atoms with E-state index in [1.165, 1.54) is 6.07 Å². The molecular formula is C14H18F3N3S. The Hall–Kier alpha value is -1.37. The molecule has 3 nitrogen and oxygen atoms in total. The van der Waals surface area contributed by atoms with Crippen molar-refractivity contribution in [2.75, 3.05) is 18.0 Å². The molecule has 1 heterocycles. The highest BCUT2D eigenvalue weighted by molar-refractivity contribution is 8.00. The number of halogens is 3. The summed E-state index contributed by atoms with van der Waals surface area (Å²) in [5.41, 5.74) is 4.68. The van der Waals surface area contributed by atoms with E-state index < -0.39 is 17.6 Å². The Balaban J connectivity index is 2.40. The number of nitrogen functional groups attached to an aromatic ring is 1. The smallest absolute Gasteiger partial charge is 0.384 e. The molecule has 1 aliphatic heterocycles. The normalized spacial score (nSPS) is 23.2. The SMILES string of the molecule is CC1CN(c2ccc(C(=N)N)c(C(F)(F)F)c2)CC(C)S1. The van der Waals surface area contributed by atoms with Crippen LogP contribution in [0, 0.1) is 5.41 Å². The van der Waals surface area contributed by atoms with Gasteiger partial charge in [-0.25, -0.2) is 0 Å². The van der Waals surface area contributed by atoms with Crippen molar-refractivity contribution in [2.24, 2.45) is 5.73 Å². The van der Waals surface area contributed by atoms with Crippen molar-refractivity contribution in [3.05, 3.63) is 29.3 Å². The summed E-state index contributed by atoms with van der Waals surface area (Å²) in [5.74, 6) is -0.565. The van der Waals surface area contributed by atoms with Crippen LogP contribution in [0.5, 0.6) is 0 Å². The number of nitrogens with one attached hydrogen (secondary N) is 1. The number of rotatable bonds is 2. The van der Waals surface area contributed by atoms with Crippen LogP contribution in [-0.4, -0.2) is 29.4 Å². The molecule has 1 aromatic carbocycles. The standard InChI is InChI=1S/C14H18F3N3S/c1-8-6-20(7-9(2)21-8)10-3-4-11(13(18)19)12(5-10)14(15,16)17/h3-5,8-9H,6-7H2,1-2H3,(H3,18,19). The van der Waals surface area contributed by atoms with Crippen LogP contribution in [0.2, 0.25) is 0 Å². The molecule has 2 unspecified atom stereocenters. The van der Waals surface area contributed by atoms with Crippen LogP contribution >= 0.6 is 11.8 Å². The molecule has 1 aliphatic rings. The summed E-state index contributed by atoms with van der Waals surface area (Å²) in [5, 5.41) is 8.04. The highest BCUT2D eigenvalue weighted by Crippen LogP contribution is 2.36.